The predicted molar refractivity (Wildman–Crippen MR) is 93.8 cm³/mol. The van der Waals surface area contributed by atoms with Gasteiger partial charge >= 0.3 is 0 Å². The summed E-state index contributed by atoms with van der Waals surface area (Å²) in [5, 5.41) is 12.6. The molecule has 0 bridgehead atoms. The number of fused-ring (bicyclic) bond motifs is 1. The molecule has 23 heavy (non-hydrogen) atoms. The highest BCUT2D eigenvalue weighted by Gasteiger charge is 2.53. The van der Waals surface area contributed by atoms with Crippen molar-refractivity contribution in [1.29, 1.82) is 0 Å². The zero-order chi connectivity index (χ0) is 17.0. The van der Waals surface area contributed by atoms with Gasteiger partial charge < -0.3 is 5.11 Å². The molecular weight excluding hydrogens is 286 g/mol. The van der Waals surface area contributed by atoms with Gasteiger partial charge in [-0.1, -0.05) is 27.2 Å². The molecule has 3 nitrogen and oxygen atoms in total. The number of hydroxylamine groups is 2. The van der Waals surface area contributed by atoms with Gasteiger partial charge in [0.15, 0.2) is 0 Å². The molecule has 2 saturated carbocycles. The summed E-state index contributed by atoms with van der Waals surface area (Å²) in [6.07, 6.45) is 7.21. The van der Waals surface area contributed by atoms with Crippen LogP contribution < -0.4 is 0 Å². The molecule has 1 heterocycles. The van der Waals surface area contributed by atoms with Crippen LogP contribution >= 0.6 is 0 Å². The van der Waals surface area contributed by atoms with E-state index in [9.17, 15) is 5.11 Å². The molecule has 1 aliphatic heterocycles. The number of hydrogen-bond donors (Lipinski definition) is 1. The number of rotatable bonds is 3. The molecule has 0 radical (unpaired) electrons. The Morgan fingerprint density at radius 1 is 1.22 bits per heavy atom. The minimum Gasteiger partial charge on any atom is -0.393 e. The average molecular weight is 324 g/mol. The second kappa shape index (κ2) is 6.00. The minimum absolute atomic E-state index is 0.0533. The van der Waals surface area contributed by atoms with Gasteiger partial charge in [-0.3, -0.25) is 4.84 Å². The number of aliphatic hydroxyl groups excluding tert-OH is 1. The summed E-state index contributed by atoms with van der Waals surface area (Å²) in [5.74, 6) is 2.54. The molecule has 0 aromatic rings. The third kappa shape index (κ3) is 2.87. The van der Waals surface area contributed by atoms with Crippen molar-refractivity contribution in [3.8, 4) is 0 Å². The van der Waals surface area contributed by atoms with Gasteiger partial charge in [0.25, 0.3) is 0 Å². The van der Waals surface area contributed by atoms with E-state index >= 15 is 0 Å². The molecule has 0 aromatic carbocycles. The van der Waals surface area contributed by atoms with Crippen LogP contribution in [-0.2, 0) is 4.84 Å². The Balaban J connectivity index is 1.70. The minimum atomic E-state index is -0.0544. The van der Waals surface area contributed by atoms with Crippen molar-refractivity contribution in [3.63, 3.8) is 0 Å². The lowest BCUT2D eigenvalue weighted by Gasteiger charge is -2.45. The first-order valence-electron chi connectivity index (χ1n) is 9.77. The van der Waals surface area contributed by atoms with Gasteiger partial charge in [0, 0.05) is 19.0 Å². The Hall–Kier alpha value is -0.120. The van der Waals surface area contributed by atoms with Gasteiger partial charge in [-0.05, 0) is 69.1 Å². The highest BCUT2D eigenvalue weighted by atomic mass is 16.7. The Morgan fingerprint density at radius 3 is 2.52 bits per heavy atom. The second-order valence-electron chi connectivity index (χ2n) is 9.57. The van der Waals surface area contributed by atoms with Crippen molar-refractivity contribution in [2.24, 2.45) is 29.1 Å². The fourth-order valence-corrected chi connectivity index (χ4v) is 6.32. The van der Waals surface area contributed by atoms with E-state index in [2.05, 4.69) is 46.7 Å². The maximum Gasteiger partial charge on any atom is 0.0884 e. The summed E-state index contributed by atoms with van der Waals surface area (Å²) >= 11 is 0. The van der Waals surface area contributed by atoms with Gasteiger partial charge in [-0.15, -0.1) is 0 Å². The van der Waals surface area contributed by atoms with Crippen LogP contribution in [0.5, 0.6) is 0 Å². The standard InChI is InChI=1S/C20H37NO2/c1-13(12-17-14(2)19(3,4)23-21(17)6)15-9-10-16-18(22)8-7-11-20(15,16)5/h13-18,22H,7-12H2,1-6H3/t13?,14?,15-,16-,17+,18-,20+/m1/s1. The molecule has 2 aliphatic carbocycles. The third-order valence-corrected chi connectivity index (χ3v) is 7.98. The van der Waals surface area contributed by atoms with Crippen LogP contribution in [0.25, 0.3) is 0 Å². The lowest BCUT2D eigenvalue weighted by Crippen LogP contribution is -2.42. The molecule has 134 valence electrons. The summed E-state index contributed by atoms with van der Waals surface area (Å²) in [4.78, 5) is 6.08. The van der Waals surface area contributed by atoms with Crippen molar-refractivity contribution in [2.75, 3.05) is 7.05 Å². The van der Waals surface area contributed by atoms with Crippen LogP contribution in [0.3, 0.4) is 0 Å². The highest BCUT2D eigenvalue weighted by molar-refractivity contribution is 5.02. The number of aliphatic hydroxyl groups is 1. The molecule has 1 saturated heterocycles. The van der Waals surface area contributed by atoms with Gasteiger partial charge in [0.05, 0.1) is 11.7 Å². The molecule has 2 unspecified atom stereocenters. The molecule has 3 heteroatoms. The molecule has 3 fully saturated rings. The van der Waals surface area contributed by atoms with Crippen molar-refractivity contribution in [1.82, 2.24) is 5.06 Å². The molecule has 0 spiro atoms. The average Bonchev–Trinajstić information content (AvgIpc) is 2.89. The normalized spacial score (nSPS) is 48.4. The largest absolute Gasteiger partial charge is 0.393 e. The molecule has 0 aromatic heterocycles. The van der Waals surface area contributed by atoms with E-state index in [-0.39, 0.29) is 11.7 Å². The molecule has 0 amide bonds. The van der Waals surface area contributed by atoms with E-state index in [0.29, 0.717) is 29.2 Å². The molecule has 7 atom stereocenters. The first-order chi connectivity index (χ1) is 10.7. The summed E-state index contributed by atoms with van der Waals surface area (Å²) in [6, 6.07) is 0.510. The number of nitrogens with zero attached hydrogens (tertiary/aromatic N) is 1. The van der Waals surface area contributed by atoms with Gasteiger partial charge in [0.2, 0.25) is 0 Å². The van der Waals surface area contributed by atoms with Crippen LogP contribution in [0, 0.1) is 29.1 Å². The van der Waals surface area contributed by atoms with Crippen LogP contribution in [0.1, 0.15) is 73.1 Å². The van der Waals surface area contributed by atoms with Gasteiger partial charge in [-0.25, -0.2) is 0 Å². The van der Waals surface area contributed by atoms with E-state index in [0.717, 1.165) is 12.3 Å². The quantitative estimate of drug-likeness (QED) is 0.843. The van der Waals surface area contributed by atoms with Crippen molar-refractivity contribution < 1.29 is 9.94 Å². The summed E-state index contributed by atoms with van der Waals surface area (Å²) in [6.45, 7) is 11.7. The lowest BCUT2D eigenvalue weighted by molar-refractivity contribution is -0.180. The zero-order valence-electron chi connectivity index (χ0n) is 16.0. The molecular formula is C20H37NO2. The van der Waals surface area contributed by atoms with E-state index in [4.69, 9.17) is 4.84 Å². The topological polar surface area (TPSA) is 32.7 Å². The summed E-state index contributed by atoms with van der Waals surface area (Å²) < 4.78 is 0. The highest BCUT2D eigenvalue weighted by Crippen LogP contribution is 2.58. The first kappa shape index (κ1) is 17.7. The first-order valence-corrected chi connectivity index (χ1v) is 9.77. The van der Waals surface area contributed by atoms with E-state index in [1.165, 1.54) is 32.1 Å². The number of hydrogen-bond acceptors (Lipinski definition) is 3. The van der Waals surface area contributed by atoms with Crippen molar-refractivity contribution >= 4 is 0 Å². The molecule has 3 aliphatic rings. The fraction of sp³-hybridized carbons (Fsp3) is 1.00. The maximum absolute atomic E-state index is 10.5. The van der Waals surface area contributed by atoms with E-state index in [1.54, 1.807) is 0 Å². The Labute approximate surface area is 142 Å². The SMILES string of the molecule is CC(C[C@H]1C(C)C(C)(C)ON1C)[C@H]1CC[C@@H]2[C@H](O)CCC[C@@]12C. The predicted octanol–water partition coefficient (Wildman–Crippen LogP) is 4.25. The summed E-state index contributed by atoms with van der Waals surface area (Å²) in [7, 11) is 2.10. The zero-order valence-corrected chi connectivity index (χ0v) is 16.0. The Morgan fingerprint density at radius 2 is 1.91 bits per heavy atom. The van der Waals surface area contributed by atoms with E-state index in [1.807, 2.05) is 0 Å². The van der Waals surface area contributed by atoms with Crippen molar-refractivity contribution in [3.05, 3.63) is 0 Å². The van der Waals surface area contributed by atoms with Crippen LogP contribution in [0.2, 0.25) is 0 Å². The lowest BCUT2D eigenvalue weighted by atomic mass is 9.61. The van der Waals surface area contributed by atoms with Crippen molar-refractivity contribution in [2.45, 2.75) is 90.9 Å². The van der Waals surface area contributed by atoms with Crippen LogP contribution in [0.15, 0.2) is 0 Å². The summed E-state index contributed by atoms with van der Waals surface area (Å²) in [5.41, 5.74) is 0.302. The molecule has 1 N–H and O–H groups in total. The Kier molecular flexibility index (Phi) is 4.61. The second-order valence-corrected chi connectivity index (χ2v) is 9.57. The van der Waals surface area contributed by atoms with Crippen LogP contribution in [-0.4, -0.2) is 35.0 Å². The maximum atomic E-state index is 10.5. The Bertz CT molecular complexity index is 437. The van der Waals surface area contributed by atoms with E-state index < -0.39 is 0 Å². The molecule has 3 rings (SSSR count). The fourth-order valence-electron chi connectivity index (χ4n) is 6.32. The van der Waals surface area contributed by atoms with Gasteiger partial charge in [0.1, 0.15) is 0 Å². The third-order valence-electron chi connectivity index (χ3n) is 7.98. The monoisotopic (exact) mass is 323 g/mol. The van der Waals surface area contributed by atoms with Gasteiger partial charge in [-0.2, -0.15) is 5.06 Å². The smallest absolute Gasteiger partial charge is 0.0884 e. The van der Waals surface area contributed by atoms with Crippen LogP contribution in [0.4, 0.5) is 0 Å².